The Morgan fingerprint density at radius 1 is 1.40 bits per heavy atom. The molecule has 0 radical (unpaired) electrons. The summed E-state index contributed by atoms with van der Waals surface area (Å²) in [4.78, 5) is 32.8. The first kappa shape index (κ1) is 15.6. The van der Waals surface area contributed by atoms with Crippen molar-refractivity contribution < 1.29 is 19.6 Å². The number of hydrogen-bond donors (Lipinski definition) is 2. The summed E-state index contributed by atoms with van der Waals surface area (Å²) in [5, 5.41) is 22.0. The number of nitro groups is 1. The highest BCUT2D eigenvalue weighted by Crippen LogP contribution is 2.14. The topological polar surface area (TPSA) is 110 Å². The van der Waals surface area contributed by atoms with Gasteiger partial charge in [0.1, 0.15) is 0 Å². The second-order valence-corrected chi connectivity index (χ2v) is 4.73. The van der Waals surface area contributed by atoms with Crippen molar-refractivity contribution in [2.75, 3.05) is 0 Å². The predicted molar refractivity (Wildman–Crippen MR) is 71.4 cm³/mol. The molecule has 108 valence electrons. The smallest absolute Gasteiger partial charge is 0.305 e. The zero-order chi connectivity index (χ0) is 15.3. The lowest BCUT2D eigenvalue weighted by molar-refractivity contribution is -0.384. The highest BCUT2D eigenvalue weighted by molar-refractivity contribution is 5.95. The number of rotatable bonds is 6. The molecule has 0 aromatic heterocycles. The average molecular weight is 280 g/mol. The third-order valence-electron chi connectivity index (χ3n) is 2.83. The Kier molecular flexibility index (Phi) is 5.19. The van der Waals surface area contributed by atoms with E-state index in [4.69, 9.17) is 5.11 Å². The summed E-state index contributed by atoms with van der Waals surface area (Å²) < 4.78 is 0. The second-order valence-electron chi connectivity index (χ2n) is 4.73. The van der Waals surface area contributed by atoms with Gasteiger partial charge in [-0.1, -0.05) is 19.9 Å². The zero-order valence-corrected chi connectivity index (χ0v) is 11.2. The van der Waals surface area contributed by atoms with Gasteiger partial charge in [0, 0.05) is 23.7 Å². The van der Waals surface area contributed by atoms with Gasteiger partial charge in [-0.3, -0.25) is 19.7 Å². The van der Waals surface area contributed by atoms with Gasteiger partial charge in [0.05, 0.1) is 11.3 Å². The molecular weight excluding hydrogens is 264 g/mol. The molecule has 0 saturated heterocycles. The Balaban J connectivity index is 2.86. The minimum absolute atomic E-state index is 0.0613. The molecule has 7 heteroatoms. The SMILES string of the molecule is CC(C)C(CC(=O)O)NC(=O)c1cccc([N+](=O)[O-])c1. The molecule has 1 unspecified atom stereocenters. The van der Waals surface area contributed by atoms with Gasteiger partial charge in [0.2, 0.25) is 0 Å². The van der Waals surface area contributed by atoms with Crippen LogP contribution in [0.5, 0.6) is 0 Å². The van der Waals surface area contributed by atoms with Gasteiger partial charge in [-0.05, 0) is 12.0 Å². The molecule has 20 heavy (non-hydrogen) atoms. The largest absolute Gasteiger partial charge is 0.481 e. The van der Waals surface area contributed by atoms with E-state index in [-0.39, 0.29) is 23.6 Å². The standard InChI is InChI=1S/C13H16N2O5/c1-8(2)11(7-12(16)17)14-13(18)9-4-3-5-10(6-9)15(19)20/h3-6,8,11H,7H2,1-2H3,(H,14,18)(H,16,17). The summed E-state index contributed by atoms with van der Waals surface area (Å²) in [6.45, 7) is 3.59. The summed E-state index contributed by atoms with van der Waals surface area (Å²) >= 11 is 0. The quantitative estimate of drug-likeness (QED) is 0.610. The van der Waals surface area contributed by atoms with Crippen molar-refractivity contribution in [2.45, 2.75) is 26.3 Å². The number of nitrogens with zero attached hydrogens (tertiary/aromatic N) is 1. The molecule has 0 aliphatic heterocycles. The molecule has 0 aliphatic carbocycles. The Morgan fingerprint density at radius 3 is 2.55 bits per heavy atom. The summed E-state index contributed by atoms with van der Waals surface area (Å²) in [6, 6.07) is 4.77. The fourth-order valence-electron chi connectivity index (χ4n) is 1.65. The van der Waals surface area contributed by atoms with Gasteiger partial charge < -0.3 is 10.4 Å². The van der Waals surface area contributed by atoms with Crippen molar-refractivity contribution >= 4 is 17.6 Å². The summed E-state index contributed by atoms with van der Waals surface area (Å²) in [7, 11) is 0. The van der Waals surface area contributed by atoms with E-state index < -0.39 is 22.8 Å². The van der Waals surface area contributed by atoms with E-state index in [0.29, 0.717) is 0 Å². The van der Waals surface area contributed by atoms with Crippen LogP contribution in [0.3, 0.4) is 0 Å². The molecule has 0 fully saturated rings. The Hall–Kier alpha value is -2.44. The monoisotopic (exact) mass is 280 g/mol. The molecule has 0 saturated carbocycles. The first-order valence-corrected chi connectivity index (χ1v) is 6.08. The van der Waals surface area contributed by atoms with E-state index >= 15 is 0 Å². The lowest BCUT2D eigenvalue weighted by Crippen LogP contribution is -2.40. The fraction of sp³-hybridized carbons (Fsp3) is 0.385. The van der Waals surface area contributed by atoms with Crippen LogP contribution in [0, 0.1) is 16.0 Å². The number of aliphatic carboxylic acids is 1. The van der Waals surface area contributed by atoms with Gasteiger partial charge >= 0.3 is 5.97 Å². The van der Waals surface area contributed by atoms with E-state index in [2.05, 4.69) is 5.32 Å². The molecule has 1 atom stereocenters. The first-order chi connectivity index (χ1) is 9.31. The maximum atomic E-state index is 12.0. The normalized spacial score (nSPS) is 11.9. The van der Waals surface area contributed by atoms with Crippen molar-refractivity contribution in [3.63, 3.8) is 0 Å². The number of carbonyl (C=O) groups excluding carboxylic acids is 1. The second kappa shape index (κ2) is 6.65. The maximum Gasteiger partial charge on any atom is 0.305 e. The zero-order valence-electron chi connectivity index (χ0n) is 11.2. The van der Waals surface area contributed by atoms with Gasteiger partial charge in [-0.15, -0.1) is 0 Å². The molecule has 0 bridgehead atoms. The molecule has 1 rings (SSSR count). The minimum atomic E-state index is -1.01. The third-order valence-corrected chi connectivity index (χ3v) is 2.83. The Bertz CT molecular complexity index is 527. The molecule has 1 amide bonds. The summed E-state index contributed by atoms with van der Waals surface area (Å²) in [5.41, 5.74) is -0.0489. The van der Waals surface area contributed by atoms with Crippen molar-refractivity contribution in [3.8, 4) is 0 Å². The van der Waals surface area contributed by atoms with E-state index in [1.165, 1.54) is 18.2 Å². The number of nitrogens with one attached hydrogen (secondary N) is 1. The lowest BCUT2D eigenvalue weighted by atomic mass is 10.0. The van der Waals surface area contributed by atoms with E-state index in [1.54, 1.807) is 13.8 Å². The molecule has 1 aromatic carbocycles. The number of carbonyl (C=O) groups is 2. The number of hydrogen-bond acceptors (Lipinski definition) is 4. The first-order valence-electron chi connectivity index (χ1n) is 6.08. The Morgan fingerprint density at radius 2 is 2.05 bits per heavy atom. The van der Waals surface area contributed by atoms with Gasteiger partial charge in [0.25, 0.3) is 11.6 Å². The van der Waals surface area contributed by atoms with E-state index in [1.807, 2.05) is 0 Å². The molecule has 0 aliphatic rings. The van der Waals surface area contributed by atoms with E-state index in [0.717, 1.165) is 6.07 Å². The van der Waals surface area contributed by atoms with Gasteiger partial charge in [0.15, 0.2) is 0 Å². The third kappa shape index (κ3) is 4.34. The van der Waals surface area contributed by atoms with Crippen LogP contribution < -0.4 is 5.32 Å². The maximum absolute atomic E-state index is 12.0. The van der Waals surface area contributed by atoms with Crippen LogP contribution in [0.2, 0.25) is 0 Å². The molecular formula is C13H16N2O5. The minimum Gasteiger partial charge on any atom is -0.481 e. The number of carboxylic acids is 1. The number of carboxylic acid groups (broad SMARTS) is 1. The van der Waals surface area contributed by atoms with Crippen molar-refractivity contribution in [2.24, 2.45) is 5.92 Å². The average Bonchev–Trinajstić information content (AvgIpc) is 2.37. The number of non-ortho nitro benzene ring substituents is 1. The van der Waals surface area contributed by atoms with Crippen molar-refractivity contribution in [3.05, 3.63) is 39.9 Å². The summed E-state index contributed by atoms with van der Waals surface area (Å²) in [6.07, 6.45) is -0.196. The van der Waals surface area contributed by atoms with Crippen LogP contribution in [-0.4, -0.2) is 27.9 Å². The fourth-order valence-corrected chi connectivity index (χ4v) is 1.65. The summed E-state index contributed by atoms with van der Waals surface area (Å²) in [5.74, 6) is -1.59. The van der Waals surface area contributed by atoms with Crippen molar-refractivity contribution in [1.29, 1.82) is 0 Å². The van der Waals surface area contributed by atoms with Crippen LogP contribution in [0.4, 0.5) is 5.69 Å². The number of amides is 1. The van der Waals surface area contributed by atoms with Crippen LogP contribution in [0.1, 0.15) is 30.6 Å². The molecule has 1 aromatic rings. The van der Waals surface area contributed by atoms with E-state index in [9.17, 15) is 19.7 Å². The molecule has 2 N–H and O–H groups in total. The van der Waals surface area contributed by atoms with Gasteiger partial charge in [-0.2, -0.15) is 0 Å². The lowest BCUT2D eigenvalue weighted by Gasteiger charge is -2.20. The molecule has 7 nitrogen and oxygen atoms in total. The van der Waals surface area contributed by atoms with Crippen LogP contribution >= 0.6 is 0 Å². The highest BCUT2D eigenvalue weighted by Gasteiger charge is 2.21. The Labute approximate surface area is 115 Å². The number of nitro benzene ring substituents is 1. The van der Waals surface area contributed by atoms with Gasteiger partial charge in [-0.25, -0.2) is 0 Å². The van der Waals surface area contributed by atoms with Crippen LogP contribution in [-0.2, 0) is 4.79 Å². The van der Waals surface area contributed by atoms with Crippen LogP contribution in [0.15, 0.2) is 24.3 Å². The molecule has 0 heterocycles. The molecule has 0 spiro atoms. The van der Waals surface area contributed by atoms with Crippen LogP contribution in [0.25, 0.3) is 0 Å². The highest BCUT2D eigenvalue weighted by atomic mass is 16.6. The number of benzene rings is 1. The van der Waals surface area contributed by atoms with Crippen molar-refractivity contribution in [1.82, 2.24) is 5.32 Å². The predicted octanol–water partition coefficient (Wildman–Crippen LogP) is 1.82.